The van der Waals surface area contributed by atoms with E-state index in [1.54, 1.807) is 0 Å². The van der Waals surface area contributed by atoms with Gasteiger partial charge in [0.15, 0.2) is 0 Å². The molecule has 0 aromatic heterocycles. The SMILES string of the molecule is CC(C)CCNC(=O)CN1CC(C)CC(N)C1. The average molecular weight is 241 g/mol. The molecule has 1 aliphatic heterocycles. The fourth-order valence-electron chi connectivity index (χ4n) is 2.40. The van der Waals surface area contributed by atoms with E-state index in [0.717, 1.165) is 32.5 Å². The maximum atomic E-state index is 11.7. The van der Waals surface area contributed by atoms with E-state index in [0.29, 0.717) is 18.4 Å². The second kappa shape index (κ2) is 6.97. The summed E-state index contributed by atoms with van der Waals surface area (Å²) < 4.78 is 0. The van der Waals surface area contributed by atoms with Crippen molar-refractivity contribution in [2.24, 2.45) is 17.6 Å². The summed E-state index contributed by atoms with van der Waals surface area (Å²) in [6.07, 6.45) is 2.12. The molecule has 1 heterocycles. The van der Waals surface area contributed by atoms with Crippen LogP contribution < -0.4 is 11.1 Å². The predicted octanol–water partition coefficient (Wildman–Crippen LogP) is 0.818. The summed E-state index contributed by atoms with van der Waals surface area (Å²) in [4.78, 5) is 13.9. The molecule has 2 unspecified atom stereocenters. The predicted molar refractivity (Wildman–Crippen MR) is 70.7 cm³/mol. The third kappa shape index (κ3) is 6.03. The minimum absolute atomic E-state index is 0.131. The lowest BCUT2D eigenvalue weighted by molar-refractivity contribution is -0.122. The number of amides is 1. The van der Waals surface area contributed by atoms with Gasteiger partial charge in [0.25, 0.3) is 0 Å². The summed E-state index contributed by atoms with van der Waals surface area (Å²) in [5.41, 5.74) is 5.96. The largest absolute Gasteiger partial charge is 0.355 e. The van der Waals surface area contributed by atoms with Gasteiger partial charge in [-0.25, -0.2) is 0 Å². The topological polar surface area (TPSA) is 58.4 Å². The van der Waals surface area contributed by atoms with E-state index in [4.69, 9.17) is 5.73 Å². The zero-order chi connectivity index (χ0) is 12.8. The van der Waals surface area contributed by atoms with Gasteiger partial charge in [-0.3, -0.25) is 9.69 Å². The Morgan fingerprint density at radius 3 is 2.76 bits per heavy atom. The van der Waals surface area contributed by atoms with Crippen LogP contribution in [-0.2, 0) is 4.79 Å². The lowest BCUT2D eigenvalue weighted by Crippen LogP contribution is -2.49. The third-order valence-corrected chi connectivity index (χ3v) is 3.18. The molecular formula is C13H27N3O. The first-order valence-corrected chi connectivity index (χ1v) is 6.72. The van der Waals surface area contributed by atoms with E-state index < -0.39 is 0 Å². The van der Waals surface area contributed by atoms with Crippen molar-refractivity contribution in [3.63, 3.8) is 0 Å². The smallest absolute Gasteiger partial charge is 0.234 e. The molecule has 0 aromatic carbocycles. The van der Waals surface area contributed by atoms with Gasteiger partial charge in [-0.2, -0.15) is 0 Å². The number of likely N-dealkylation sites (tertiary alicyclic amines) is 1. The molecule has 0 radical (unpaired) electrons. The van der Waals surface area contributed by atoms with Crippen LogP contribution in [0.3, 0.4) is 0 Å². The molecule has 2 atom stereocenters. The molecule has 100 valence electrons. The number of nitrogens with one attached hydrogen (secondary N) is 1. The highest BCUT2D eigenvalue weighted by Gasteiger charge is 2.23. The minimum Gasteiger partial charge on any atom is -0.355 e. The molecule has 1 amide bonds. The minimum atomic E-state index is 0.131. The van der Waals surface area contributed by atoms with E-state index in [-0.39, 0.29) is 11.9 Å². The lowest BCUT2D eigenvalue weighted by Gasteiger charge is -2.34. The molecule has 0 saturated carbocycles. The van der Waals surface area contributed by atoms with Gasteiger partial charge in [-0.05, 0) is 24.7 Å². The summed E-state index contributed by atoms with van der Waals surface area (Å²) in [5.74, 6) is 1.37. The Morgan fingerprint density at radius 2 is 2.18 bits per heavy atom. The summed E-state index contributed by atoms with van der Waals surface area (Å²) in [7, 11) is 0. The average Bonchev–Trinajstić information content (AvgIpc) is 2.14. The first kappa shape index (κ1) is 14.5. The van der Waals surface area contributed by atoms with Gasteiger partial charge < -0.3 is 11.1 Å². The van der Waals surface area contributed by atoms with Gasteiger partial charge in [0.2, 0.25) is 5.91 Å². The molecule has 1 fully saturated rings. The Balaban J connectivity index is 2.21. The first-order chi connectivity index (χ1) is 7.97. The Bertz CT molecular complexity index is 233. The van der Waals surface area contributed by atoms with Crippen LogP contribution in [0.2, 0.25) is 0 Å². The van der Waals surface area contributed by atoms with Crippen LogP contribution in [0.25, 0.3) is 0 Å². The van der Waals surface area contributed by atoms with E-state index in [1.165, 1.54) is 0 Å². The number of piperidine rings is 1. The van der Waals surface area contributed by atoms with Crippen molar-refractivity contribution in [3.05, 3.63) is 0 Å². The molecule has 0 aliphatic carbocycles. The number of nitrogens with zero attached hydrogens (tertiary/aromatic N) is 1. The van der Waals surface area contributed by atoms with Crippen LogP contribution in [0.15, 0.2) is 0 Å². The van der Waals surface area contributed by atoms with Crippen LogP contribution >= 0.6 is 0 Å². The van der Waals surface area contributed by atoms with E-state index >= 15 is 0 Å². The van der Waals surface area contributed by atoms with Crippen molar-refractivity contribution >= 4 is 5.91 Å². The number of rotatable bonds is 5. The summed E-state index contributed by atoms with van der Waals surface area (Å²) in [6, 6.07) is 0.224. The Morgan fingerprint density at radius 1 is 1.47 bits per heavy atom. The van der Waals surface area contributed by atoms with Crippen LogP contribution in [0.4, 0.5) is 0 Å². The molecule has 4 nitrogen and oxygen atoms in total. The molecule has 1 rings (SSSR count). The fourth-order valence-corrected chi connectivity index (χ4v) is 2.40. The Labute approximate surface area is 105 Å². The standard InChI is InChI=1S/C13H27N3O/c1-10(2)4-5-15-13(17)9-16-7-11(3)6-12(14)8-16/h10-12H,4-9,14H2,1-3H3,(H,15,17). The second-order valence-corrected chi connectivity index (χ2v) is 5.83. The molecule has 3 N–H and O–H groups in total. The number of hydrogen-bond donors (Lipinski definition) is 2. The molecule has 0 bridgehead atoms. The normalized spacial score (nSPS) is 26.2. The first-order valence-electron chi connectivity index (χ1n) is 6.72. The molecule has 0 spiro atoms. The lowest BCUT2D eigenvalue weighted by atomic mass is 9.97. The monoisotopic (exact) mass is 241 g/mol. The zero-order valence-corrected chi connectivity index (χ0v) is 11.4. The van der Waals surface area contributed by atoms with Gasteiger partial charge in [0, 0.05) is 25.7 Å². The molecule has 4 heteroatoms. The molecule has 17 heavy (non-hydrogen) atoms. The second-order valence-electron chi connectivity index (χ2n) is 5.83. The molecular weight excluding hydrogens is 214 g/mol. The van der Waals surface area contributed by atoms with Crippen molar-refractivity contribution < 1.29 is 4.79 Å². The summed E-state index contributed by atoms with van der Waals surface area (Å²) in [5, 5.41) is 2.97. The van der Waals surface area contributed by atoms with Crippen molar-refractivity contribution in [3.8, 4) is 0 Å². The van der Waals surface area contributed by atoms with Gasteiger partial charge in [-0.15, -0.1) is 0 Å². The Kier molecular flexibility index (Phi) is 5.92. The quantitative estimate of drug-likeness (QED) is 0.749. The zero-order valence-electron chi connectivity index (χ0n) is 11.4. The van der Waals surface area contributed by atoms with Crippen LogP contribution in [0, 0.1) is 11.8 Å². The molecule has 1 aliphatic rings. The van der Waals surface area contributed by atoms with Crippen LogP contribution in [0.5, 0.6) is 0 Å². The van der Waals surface area contributed by atoms with E-state index in [2.05, 4.69) is 31.0 Å². The van der Waals surface area contributed by atoms with Gasteiger partial charge in [0.1, 0.15) is 0 Å². The summed E-state index contributed by atoms with van der Waals surface area (Å²) >= 11 is 0. The molecule has 0 aromatic rings. The van der Waals surface area contributed by atoms with Crippen LogP contribution in [-0.4, -0.2) is 43.0 Å². The van der Waals surface area contributed by atoms with Crippen molar-refractivity contribution in [1.29, 1.82) is 0 Å². The Hall–Kier alpha value is -0.610. The third-order valence-electron chi connectivity index (χ3n) is 3.18. The van der Waals surface area contributed by atoms with Gasteiger partial charge >= 0.3 is 0 Å². The summed E-state index contributed by atoms with van der Waals surface area (Å²) in [6.45, 7) is 9.65. The maximum Gasteiger partial charge on any atom is 0.234 e. The van der Waals surface area contributed by atoms with E-state index in [9.17, 15) is 4.79 Å². The maximum absolute atomic E-state index is 11.7. The van der Waals surface area contributed by atoms with Crippen molar-refractivity contribution in [1.82, 2.24) is 10.2 Å². The van der Waals surface area contributed by atoms with E-state index in [1.807, 2.05) is 0 Å². The number of nitrogens with two attached hydrogens (primary N) is 1. The highest BCUT2D eigenvalue weighted by Crippen LogP contribution is 2.14. The molecule has 1 saturated heterocycles. The highest BCUT2D eigenvalue weighted by atomic mass is 16.2. The van der Waals surface area contributed by atoms with Crippen LogP contribution in [0.1, 0.15) is 33.6 Å². The van der Waals surface area contributed by atoms with Crippen molar-refractivity contribution in [2.45, 2.75) is 39.7 Å². The number of carbonyl (C=O) groups is 1. The van der Waals surface area contributed by atoms with Gasteiger partial charge in [-0.1, -0.05) is 20.8 Å². The fraction of sp³-hybridized carbons (Fsp3) is 0.923. The highest BCUT2D eigenvalue weighted by molar-refractivity contribution is 5.77. The number of carbonyl (C=O) groups excluding carboxylic acids is 1. The van der Waals surface area contributed by atoms with Gasteiger partial charge in [0.05, 0.1) is 6.54 Å². The number of hydrogen-bond acceptors (Lipinski definition) is 3. The van der Waals surface area contributed by atoms with Crippen molar-refractivity contribution in [2.75, 3.05) is 26.2 Å².